The molecular formula is C12H17NO3. The van der Waals surface area contributed by atoms with Crippen LogP contribution in [0.25, 0.3) is 0 Å². The number of aromatic nitrogens is 1. The summed E-state index contributed by atoms with van der Waals surface area (Å²) in [7, 11) is 0. The fourth-order valence-corrected chi connectivity index (χ4v) is 2.13. The predicted octanol–water partition coefficient (Wildman–Crippen LogP) is 2.66. The van der Waals surface area contributed by atoms with Gasteiger partial charge in [-0.25, -0.2) is 9.78 Å². The molecule has 0 radical (unpaired) electrons. The molecule has 1 aliphatic carbocycles. The number of rotatable bonds is 2. The number of ether oxygens (including phenoxy) is 1. The van der Waals surface area contributed by atoms with Gasteiger partial charge < -0.3 is 9.15 Å². The number of carbonyl (C=O) groups is 1. The number of hydrogen-bond donors (Lipinski definition) is 0. The first-order valence-corrected chi connectivity index (χ1v) is 5.76. The average molecular weight is 223 g/mol. The summed E-state index contributed by atoms with van der Waals surface area (Å²) in [6.07, 6.45) is 5.62. The Kier molecular flexibility index (Phi) is 3.27. The molecule has 1 saturated carbocycles. The van der Waals surface area contributed by atoms with Gasteiger partial charge in [-0.1, -0.05) is 13.8 Å². The van der Waals surface area contributed by atoms with Gasteiger partial charge in [0.2, 0.25) is 0 Å². The molecule has 0 bridgehead atoms. The molecule has 0 N–H and O–H groups in total. The molecular weight excluding hydrogens is 206 g/mol. The molecule has 1 fully saturated rings. The van der Waals surface area contributed by atoms with E-state index in [1.807, 2.05) is 0 Å². The molecule has 4 heteroatoms. The van der Waals surface area contributed by atoms with Gasteiger partial charge in [0, 0.05) is 0 Å². The smallest absolute Gasteiger partial charge is 0.360 e. The van der Waals surface area contributed by atoms with Gasteiger partial charge in [0.05, 0.1) is 0 Å². The standard InChI is InChI=1S/C12H17NO3/c1-8-3-4-10(5-9(8)2)16-12(14)11-6-15-7-13-11/h6-10H,3-5H2,1-2H3/t8-,9+,10+/m1/s1. The zero-order chi connectivity index (χ0) is 11.5. The molecule has 3 atom stereocenters. The van der Waals surface area contributed by atoms with Crippen LogP contribution in [0.4, 0.5) is 0 Å². The van der Waals surface area contributed by atoms with E-state index in [0.717, 1.165) is 25.2 Å². The zero-order valence-electron chi connectivity index (χ0n) is 9.68. The Bertz CT molecular complexity index is 347. The summed E-state index contributed by atoms with van der Waals surface area (Å²) >= 11 is 0. The largest absolute Gasteiger partial charge is 0.458 e. The molecule has 1 heterocycles. The summed E-state index contributed by atoms with van der Waals surface area (Å²) in [6.45, 7) is 4.46. The highest BCUT2D eigenvalue weighted by atomic mass is 16.5. The fraction of sp³-hybridized carbons (Fsp3) is 0.667. The normalized spacial score (nSPS) is 30.0. The summed E-state index contributed by atoms with van der Waals surface area (Å²) in [4.78, 5) is 15.4. The second-order valence-electron chi connectivity index (χ2n) is 4.67. The van der Waals surface area contributed by atoms with Crippen LogP contribution in [0.1, 0.15) is 43.6 Å². The van der Waals surface area contributed by atoms with Gasteiger partial charge in [0.25, 0.3) is 0 Å². The third-order valence-corrected chi connectivity index (χ3v) is 3.47. The van der Waals surface area contributed by atoms with Crippen LogP contribution in [0.3, 0.4) is 0 Å². The zero-order valence-corrected chi connectivity index (χ0v) is 9.68. The van der Waals surface area contributed by atoms with Gasteiger partial charge in [0.15, 0.2) is 12.1 Å². The highest BCUT2D eigenvalue weighted by Crippen LogP contribution is 2.31. The molecule has 0 aromatic carbocycles. The van der Waals surface area contributed by atoms with Crippen molar-refractivity contribution in [2.24, 2.45) is 11.8 Å². The van der Waals surface area contributed by atoms with Gasteiger partial charge in [-0.15, -0.1) is 0 Å². The van der Waals surface area contributed by atoms with E-state index in [4.69, 9.17) is 9.15 Å². The van der Waals surface area contributed by atoms with Crippen molar-refractivity contribution >= 4 is 5.97 Å². The first-order chi connectivity index (χ1) is 7.66. The lowest BCUT2D eigenvalue weighted by Gasteiger charge is -2.31. The van der Waals surface area contributed by atoms with E-state index in [1.54, 1.807) is 0 Å². The molecule has 1 aromatic rings. The van der Waals surface area contributed by atoms with Crippen LogP contribution in [-0.4, -0.2) is 17.1 Å². The number of carbonyl (C=O) groups excluding carboxylic acids is 1. The van der Waals surface area contributed by atoms with Crippen LogP contribution in [0, 0.1) is 11.8 Å². The summed E-state index contributed by atoms with van der Waals surface area (Å²) < 4.78 is 10.1. The summed E-state index contributed by atoms with van der Waals surface area (Å²) in [5.41, 5.74) is 0.256. The molecule has 0 spiro atoms. The maximum absolute atomic E-state index is 11.6. The van der Waals surface area contributed by atoms with Crippen LogP contribution in [0.15, 0.2) is 17.1 Å². The van der Waals surface area contributed by atoms with E-state index in [0.29, 0.717) is 5.92 Å². The van der Waals surface area contributed by atoms with Crippen molar-refractivity contribution in [3.05, 3.63) is 18.4 Å². The Labute approximate surface area is 95.0 Å². The average Bonchev–Trinajstić information content (AvgIpc) is 2.77. The van der Waals surface area contributed by atoms with Gasteiger partial charge in [-0.2, -0.15) is 0 Å². The van der Waals surface area contributed by atoms with Crippen LogP contribution < -0.4 is 0 Å². The Morgan fingerprint density at radius 2 is 2.25 bits per heavy atom. The molecule has 4 nitrogen and oxygen atoms in total. The second kappa shape index (κ2) is 4.68. The van der Waals surface area contributed by atoms with Crippen molar-refractivity contribution in [3.63, 3.8) is 0 Å². The molecule has 1 aliphatic rings. The van der Waals surface area contributed by atoms with Gasteiger partial charge in [-0.05, 0) is 31.1 Å². The van der Waals surface area contributed by atoms with Crippen LogP contribution in [0.5, 0.6) is 0 Å². The number of nitrogens with zero attached hydrogens (tertiary/aromatic N) is 1. The van der Waals surface area contributed by atoms with Crippen molar-refractivity contribution in [3.8, 4) is 0 Å². The highest BCUT2D eigenvalue weighted by molar-refractivity contribution is 5.86. The monoisotopic (exact) mass is 223 g/mol. The van der Waals surface area contributed by atoms with Crippen molar-refractivity contribution < 1.29 is 13.9 Å². The highest BCUT2D eigenvalue weighted by Gasteiger charge is 2.27. The van der Waals surface area contributed by atoms with E-state index in [9.17, 15) is 4.79 Å². The maximum atomic E-state index is 11.6. The van der Waals surface area contributed by atoms with Gasteiger partial charge in [0.1, 0.15) is 12.4 Å². The quantitative estimate of drug-likeness (QED) is 0.723. The SMILES string of the molecule is C[C@@H]1CC[C@H](OC(=O)c2cocn2)C[C@@H]1C. The predicted molar refractivity (Wildman–Crippen MR) is 57.9 cm³/mol. The third kappa shape index (κ3) is 2.43. The lowest BCUT2D eigenvalue weighted by Crippen LogP contribution is -2.28. The van der Waals surface area contributed by atoms with Crippen molar-refractivity contribution in [1.29, 1.82) is 0 Å². The lowest BCUT2D eigenvalue weighted by atomic mass is 9.80. The second-order valence-corrected chi connectivity index (χ2v) is 4.67. The van der Waals surface area contributed by atoms with E-state index >= 15 is 0 Å². The minimum atomic E-state index is -0.375. The lowest BCUT2D eigenvalue weighted by molar-refractivity contribution is 0.00818. The van der Waals surface area contributed by atoms with Crippen LogP contribution >= 0.6 is 0 Å². The number of esters is 1. The summed E-state index contributed by atoms with van der Waals surface area (Å²) in [5, 5.41) is 0. The maximum Gasteiger partial charge on any atom is 0.360 e. The Balaban J connectivity index is 1.89. The van der Waals surface area contributed by atoms with Gasteiger partial charge in [-0.3, -0.25) is 0 Å². The number of hydrogen-bond acceptors (Lipinski definition) is 4. The minimum Gasteiger partial charge on any atom is -0.458 e. The first-order valence-electron chi connectivity index (χ1n) is 5.76. The molecule has 0 unspecified atom stereocenters. The number of oxazole rings is 1. The fourth-order valence-electron chi connectivity index (χ4n) is 2.13. The van der Waals surface area contributed by atoms with Crippen molar-refractivity contribution in [2.75, 3.05) is 0 Å². The molecule has 1 aromatic heterocycles. The third-order valence-electron chi connectivity index (χ3n) is 3.47. The topological polar surface area (TPSA) is 52.3 Å². The van der Waals surface area contributed by atoms with E-state index in [2.05, 4.69) is 18.8 Å². The molecule has 2 rings (SSSR count). The van der Waals surface area contributed by atoms with E-state index in [-0.39, 0.29) is 17.8 Å². The Morgan fingerprint density at radius 1 is 1.44 bits per heavy atom. The minimum absolute atomic E-state index is 0.0374. The molecule has 0 saturated heterocycles. The molecule has 88 valence electrons. The summed E-state index contributed by atoms with van der Waals surface area (Å²) in [6, 6.07) is 0. The van der Waals surface area contributed by atoms with Crippen LogP contribution in [-0.2, 0) is 4.74 Å². The summed E-state index contributed by atoms with van der Waals surface area (Å²) in [5.74, 6) is 0.964. The van der Waals surface area contributed by atoms with Crippen LogP contribution in [0.2, 0.25) is 0 Å². The molecule has 0 amide bonds. The first kappa shape index (κ1) is 11.2. The van der Waals surface area contributed by atoms with E-state index < -0.39 is 0 Å². The Morgan fingerprint density at radius 3 is 2.88 bits per heavy atom. The molecule has 16 heavy (non-hydrogen) atoms. The van der Waals surface area contributed by atoms with Crippen molar-refractivity contribution in [1.82, 2.24) is 4.98 Å². The van der Waals surface area contributed by atoms with E-state index in [1.165, 1.54) is 12.7 Å². The van der Waals surface area contributed by atoms with Gasteiger partial charge >= 0.3 is 5.97 Å². The van der Waals surface area contributed by atoms with Crippen molar-refractivity contribution in [2.45, 2.75) is 39.2 Å². The Hall–Kier alpha value is -1.32. The molecule has 0 aliphatic heterocycles.